The largest absolute Gasteiger partial charge is 0.490 e. The van der Waals surface area contributed by atoms with Gasteiger partial charge >= 0.3 is 17.8 Å². The zero-order valence-electron chi connectivity index (χ0n) is 17.1. The Morgan fingerprint density at radius 1 is 1.13 bits per heavy atom. The second-order valence-electron chi connectivity index (χ2n) is 7.42. The first-order valence-corrected chi connectivity index (χ1v) is 9.80. The Morgan fingerprint density at radius 3 is 2.47 bits per heavy atom. The number of urea groups is 1. The Kier molecular flexibility index (Phi) is 6.39. The molecule has 1 N–H and O–H groups in total. The van der Waals surface area contributed by atoms with Crippen LogP contribution >= 0.6 is 0 Å². The van der Waals surface area contributed by atoms with E-state index in [-0.39, 0.29) is 18.5 Å². The maximum absolute atomic E-state index is 12.6. The highest BCUT2D eigenvalue weighted by Crippen LogP contribution is 2.34. The molecule has 0 aliphatic carbocycles. The molecule has 2 heterocycles. The Balaban J connectivity index is 1.73. The maximum atomic E-state index is 12.6. The molecule has 1 atom stereocenters. The fraction of sp³-hybridized carbons (Fsp3) is 0.429. The van der Waals surface area contributed by atoms with Gasteiger partial charge in [-0.05, 0) is 23.6 Å². The van der Waals surface area contributed by atoms with Crippen LogP contribution in [0.25, 0.3) is 0 Å². The summed E-state index contributed by atoms with van der Waals surface area (Å²) < 4.78 is 11.4. The molecular formula is C21H25N3O6. The van der Waals surface area contributed by atoms with Gasteiger partial charge in [0.05, 0.1) is 19.3 Å². The average Bonchev–Trinajstić information content (AvgIpc) is 2.90. The van der Waals surface area contributed by atoms with Crippen LogP contribution in [0.1, 0.15) is 31.9 Å². The SMILES string of the molecule is C=CCN1C(=O)C(=O)N(CC(=O)N[C@H](c2ccc3c(c2)OCCCO3)C(C)C)C1=O. The van der Waals surface area contributed by atoms with Crippen molar-refractivity contribution in [3.8, 4) is 11.5 Å². The lowest BCUT2D eigenvalue weighted by Gasteiger charge is -2.25. The van der Waals surface area contributed by atoms with E-state index in [2.05, 4.69) is 11.9 Å². The van der Waals surface area contributed by atoms with Crippen molar-refractivity contribution in [2.45, 2.75) is 26.3 Å². The van der Waals surface area contributed by atoms with E-state index in [0.717, 1.165) is 16.9 Å². The molecule has 1 aromatic rings. The van der Waals surface area contributed by atoms with E-state index in [1.165, 1.54) is 6.08 Å². The average molecular weight is 415 g/mol. The van der Waals surface area contributed by atoms with Crippen LogP contribution in [0.3, 0.4) is 0 Å². The molecule has 1 saturated heterocycles. The van der Waals surface area contributed by atoms with Crippen molar-refractivity contribution in [2.24, 2.45) is 5.92 Å². The highest BCUT2D eigenvalue weighted by molar-refractivity contribution is 6.45. The van der Waals surface area contributed by atoms with Crippen molar-refractivity contribution in [3.63, 3.8) is 0 Å². The number of fused-ring (bicyclic) bond motifs is 1. The normalized spacial score (nSPS) is 17.2. The molecule has 0 spiro atoms. The molecule has 3 rings (SSSR count). The molecule has 5 amide bonds. The molecule has 2 aliphatic heterocycles. The Hall–Kier alpha value is -3.36. The summed E-state index contributed by atoms with van der Waals surface area (Å²) in [6, 6.07) is 4.27. The van der Waals surface area contributed by atoms with Crippen molar-refractivity contribution in [3.05, 3.63) is 36.4 Å². The predicted octanol–water partition coefficient (Wildman–Crippen LogP) is 1.64. The molecule has 9 heteroatoms. The number of carbonyl (C=O) groups is 4. The monoisotopic (exact) mass is 415 g/mol. The van der Waals surface area contributed by atoms with Crippen LogP contribution in [-0.4, -0.2) is 59.9 Å². The topological polar surface area (TPSA) is 105 Å². The van der Waals surface area contributed by atoms with Gasteiger partial charge < -0.3 is 14.8 Å². The number of carbonyl (C=O) groups excluding carboxylic acids is 4. The highest BCUT2D eigenvalue weighted by Gasteiger charge is 2.44. The van der Waals surface area contributed by atoms with Gasteiger partial charge in [-0.25, -0.2) is 9.69 Å². The third-order valence-corrected chi connectivity index (χ3v) is 4.86. The van der Waals surface area contributed by atoms with Gasteiger partial charge in [0.1, 0.15) is 6.54 Å². The number of imide groups is 2. The summed E-state index contributed by atoms with van der Waals surface area (Å²) in [5, 5.41) is 2.85. The van der Waals surface area contributed by atoms with E-state index < -0.39 is 30.3 Å². The van der Waals surface area contributed by atoms with E-state index in [1.54, 1.807) is 6.07 Å². The summed E-state index contributed by atoms with van der Waals surface area (Å²) in [5.74, 6) is -1.25. The van der Waals surface area contributed by atoms with E-state index in [1.807, 2.05) is 26.0 Å². The molecule has 30 heavy (non-hydrogen) atoms. The second kappa shape index (κ2) is 8.98. The molecular weight excluding hydrogens is 390 g/mol. The van der Waals surface area contributed by atoms with Crippen LogP contribution in [0.5, 0.6) is 11.5 Å². The van der Waals surface area contributed by atoms with Crippen LogP contribution in [0.2, 0.25) is 0 Å². The van der Waals surface area contributed by atoms with E-state index in [4.69, 9.17) is 9.47 Å². The number of ether oxygens (including phenoxy) is 2. The van der Waals surface area contributed by atoms with Crippen LogP contribution in [0.15, 0.2) is 30.9 Å². The summed E-state index contributed by atoms with van der Waals surface area (Å²) in [4.78, 5) is 50.3. The number of hydrogen-bond donors (Lipinski definition) is 1. The molecule has 2 aliphatic rings. The summed E-state index contributed by atoms with van der Waals surface area (Å²) in [6.45, 7) is 7.84. The van der Waals surface area contributed by atoms with Gasteiger partial charge in [0.2, 0.25) is 5.91 Å². The molecule has 9 nitrogen and oxygen atoms in total. The Morgan fingerprint density at radius 2 is 1.80 bits per heavy atom. The molecule has 0 unspecified atom stereocenters. The van der Waals surface area contributed by atoms with Gasteiger partial charge in [0.15, 0.2) is 11.5 Å². The molecule has 1 aromatic carbocycles. The molecule has 0 bridgehead atoms. The maximum Gasteiger partial charge on any atom is 0.335 e. The van der Waals surface area contributed by atoms with E-state index in [0.29, 0.717) is 29.6 Å². The summed E-state index contributed by atoms with van der Waals surface area (Å²) in [5.41, 5.74) is 0.811. The first-order valence-electron chi connectivity index (χ1n) is 9.80. The van der Waals surface area contributed by atoms with Crippen LogP contribution in [-0.2, 0) is 14.4 Å². The van der Waals surface area contributed by atoms with Crippen molar-refractivity contribution in [2.75, 3.05) is 26.3 Å². The fourth-order valence-electron chi connectivity index (χ4n) is 3.35. The number of amides is 5. The molecule has 160 valence electrons. The van der Waals surface area contributed by atoms with Crippen molar-refractivity contribution >= 4 is 23.8 Å². The highest BCUT2D eigenvalue weighted by atomic mass is 16.5. The van der Waals surface area contributed by atoms with Crippen LogP contribution in [0.4, 0.5) is 4.79 Å². The Bertz CT molecular complexity index is 881. The minimum absolute atomic E-state index is 0.0163. The number of benzene rings is 1. The minimum atomic E-state index is -1.02. The van der Waals surface area contributed by atoms with Gasteiger partial charge in [0.25, 0.3) is 0 Å². The van der Waals surface area contributed by atoms with E-state index >= 15 is 0 Å². The number of nitrogens with zero attached hydrogens (tertiary/aromatic N) is 2. The van der Waals surface area contributed by atoms with Gasteiger partial charge in [0, 0.05) is 13.0 Å². The van der Waals surface area contributed by atoms with Crippen molar-refractivity contribution in [1.29, 1.82) is 0 Å². The quantitative estimate of drug-likeness (QED) is 0.412. The summed E-state index contributed by atoms with van der Waals surface area (Å²) in [7, 11) is 0. The van der Waals surface area contributed by atoms with Crippen molar-refractivity contribution in [1.82, 2.24) is 15.1 Å². The lowest BCUT2D eigenvalue weighted by Crippen LogP contribution is -2.43. The Labute approximate surface area is 174 Å². The first kappa shape index (κ1) is 21.4. The van der Waals surface area contributed by atoms with Crippen LogP contribution < -0.4 is 14.8 Å². The van der Waals surface area contributed by atoms with Gasteiger partial charge in [-0.15, -0.1) is 6.58 Å². The summed E-state index contributed by atoms with van der Waals surface area (Å²) in [6.07, 6.45) is 2.12. The first-order chi connectivity index (χ1) is 14.3. The molecule has 0 aromatic heterocycles. The van der Waals surface area contributed by atoms with Gasteiger partial charge in [-0.1, -0.05) is 26.0 Å². The third-order valence-electron chi connectivity index (χ3n) is 4.86. The smallest absolute Gasteiger partial charge is 0.335 e. The second-order valence-corrected chi connectivity index (χ2v) is 7.42. The van der Waals surface area contributed by atoms with Crippen molar-refractivity contribution < 1.29 is 28.7 Å². The number of hydrogen-bond acceptors (Lipinski definition) is 6. The molecule has 0 radical (unpaired) electrons. The lowest BCUT2D eigenvalue weighted by atomic mass is 9.95. The third kappa shape index (κ3) is 4.29. The fourth-order valence-corrected chi connectivity index (χ4v) is 3.35. The number of nitrogens with one attached hydrogen (secondary N) is 1. The zero-order valence-corrected chi connectivity index (χ0v) is 17.1. The van der Waals surface area contributed by atoms with E-state index in [9.17, 15) is 19.2 Å². The van der Waals surface area contributed by atoms with Crippen LogP contribution in [0, 0.1) is 5.92 Å². The molecule has 0 saturated carbocycles. The molecule has 1 fully saturated rings. The predicted molar refractivity (Wildman–Crippen MR) is 107 cm³/mol. The van der Waals surface area contributed by atoms with Gasteiger partial charge in [-0.2, -0.15) is 0 Å². The van der Waals surface area contributed by atoms with Gasteiger partial charge in [-0.3, -0.25) is 19.3 Å². The summed E-state index contributed by atoms with van der Waals surface area (Å²) >= 11 is 0. The number of rotatable bonds is 7. The zero-order chi connectivity index (χ0) is 21.8. The standard InChI is InChI=1S/C21H25N3O6/c1-4-8-23-19(26)20(27)24(21(23)28)12-17(25)22-18(13(2)3)14-6-7-15-16(11-14)30-10-5-9-29-15/h4,6-7,11,13,18H,1,5,8-10,12H2,2-3H3,(H,22,25)/t18-/m0/s1. The lowest BCUT2D eigenvalue weighted by molar-refractivity contribution is -0.143. The minimum Gasteiger partial charge on any atom is -0.490 e.